The molecule has 0 bridgehead atoms. The van der Waals surface area contributed by atoms with Gasteiger partial charge in [-0.1, -0.05) is 12.1 Å². The average Bonchev–Trinajstić information content (AvgIpc) is 2.55. The lowest BCUT2D eigenvalue weighted by Gasteiger charge is -2.22. The van der Waals surface area contributed by atoms with Crippen LogP contribution >= 0.6 is 0 Å². The Bertz CT molecular complexity index is 621. The van der Waals surface area contributed by atoms with Crippen LogP contribution in [-0.2, 0) is 6.61 Å². The van der Waals surface area contributed by atoms with E-state index in [1.165, 1.54) is 12.1 Å². The molecule has 0 aliphatic heterocycles. The Morgan fingerprint density at radius 3 is 2.36 bits per heavy atom. The number of rotatable bonds is 7. The molecule has 0 amide bonds. The van der Waals surface area contributed by atoms with Crippen LogP contribution in [-0.4, -0.2) is 19.4 Å². The van der Waals surface area contributed by atoms with Crippen molar-refractivity contribution in [3.63, 3.8) is 0 Å². The highest BCUT2D eigenvalue weighted by Gasteiger charge is 2.08. The number of anilines is 1. The third-order valence-electron chi connectivity index (χ3n) is 3.56. The van der Waals surface area contributed by atoms with Gasteiger partial charge in [0.2, 0.25) is 0 Å². The van der Waals surface area contributed by atoms with Gasteiger partial charge in [-0.25, -0.2) is 4.39 Å². The summed E-state index contributed by atoms with van der Waals surface area (Å²) in [5, 5.41) is 0. The van der Waals surface area contributed by atoms with E-state index < -0.39 is 0 Å². The molecule has 2 aromatic carbocycles. The number of hydrogen-bond acceptors (Lipinski definition) is 3. The molecule has 0 atom stereocenters. The van der Waals surface area contributed by atoms with Crippen molar-refractivity contribution in [3.05, 3.63) is 59.4 Å². The second kappa shape index (κ2) is 7.59. The van der Waals surface area contributed by atoms with E-state index in [0.717, 1.165) is 30.6 Å². The minimum atomic E-state index is -0.277. The number of hydrogen-bond donors (Lipinski definition) is 0. The molecule has 0 spiro atoms. The van der Waals surface area contributed by atoms with Crippen molar-refractivity contribution in [2.75, 3.05) is 18.0 Å². The Morgan fingerprint density at radius 2 is 1.77 bits per heavy atom. The lowest BCUT2D eigenvalue weighted by atomic mass is 10.1. The van der Waals surface area contributed by atoms with Gasteiger partial charge in [-0.3, -0.25) is 4.79 Å². The zero-order chi connectivity index (χ0) is 15.9. The van der Waals surface area contributed by atoms with E-state index in [4.69, 9.17) is 4.74 Å². The number of halogens is 1. The Morgan fingerprint density at radius 1 is 1.09 bits per heavy atom. The van der Waals surface area contributed by atoms with E-state index in [1.54, 1.807) is 18.2 Å². The highest BCUT2D eigenvalue weighted by atomic mass is 19.1. The molecule has 2 rings (SSSR count). The van der Waals surface area contributed by atoms with E-state index >= 15 is 0 Å². The summed E-state index contributed by atoms with van der Waals surface area (Å²) < 4.78 is 18.6. The maximum Gasteiger partial charge on any atom is 0.153 e. The van der Waals surface area contributed by atoms with Crippen molar-refractivity contribution in [1.82, 2.24) is 0 Å². The van der Waals surface area contributed by atoms with Gasteiger partial charge in [-0.2, -0.15) is 0 Å². The first-order valence-electron chi connectivity index (χ1n) is 7.39. The minimum absolute atomic E-state index is 0.277. The van der Waals surface area contributed by atoms with Gasteiger partial charge in [0.1, 0.15) is 18.2 Å². The summed E-state index contributed by atoms with van der Waals surface area (Å²) in [6, 6.07) is 11.7. The molecule has 4 heteroatoms. The lowest BCUT2D eigenvalue weighted by Crippen LogP contribution is -2.21. The summed E-state index contributed by atoms with van der Waals surface area (Å²) in [4.78, 5) is 13.3. The second-order valence-corrected chi connectivity index (χ2v) is 4.93. The minimum Gasteiger partial charge on any atom is -0.488 e. The van der Waals surface area contributed by atoms with Gasteiger partial charge < -0.3 is 9.64 Å². The van der Waals surface area contributed by atoms with Crippen LogP contribution in [0.1, 0.15) is 29.8 Å². The molecule has 0 radical (unpaired) electrons. The van der Waals surface area contributed by atoms with Crippen molar-refractivity contribution in [2.24, 2.45) is 0 Å². The molecule has 0 aromatic heterocycles. The Hall–Kier alpha value is -2.36. The van der Waals surface area contributed by atoms with Gasteiger partial charge in [0.05, 0.1) is 5.56 Å². The van der Waals surface area contributed by atoms with Crippen LogP contribution in [0.2, 0.25) is 0 Å². The summed E-state index contributed by atoms with van der Waals surface area (Å²) in [5.74, 6) is 0.268. The van der Waals surface area contributed by atoms with Crippen LogP contribution in [0.3, 0.4) is 0 Å². The topological polar surface area (TPSA) is 29.5 Å². The van der Waals surface area contributed by atoms with Crippen LogP contribution in [0.15, 0.2) is 42.5 Å². The quantitative estimate of drug-likeness (QED) is 0.722. The molecule has 0 N–H and O–H groups in total. The van der Waals surface area contributed by atoms with E-state index in [-0.39, 0.29) is 5.82 Å². The molecule has 0 aliphatic rings. The molecular weight excluding hydrogens is 281 g/mol. The van der Waals surface area contributed by atoms with Crippen molar-refractivity contribution >= 4 is 12.0 Å². The lowest BCUT2D eigenvalue weighted by molar-refractivity contribution is 0.111. The van der Waals surface area contributed by atoms with Crippen LogP contribution in [0, 0.1) is 5.82 Å². The Balaban J connectivity index is 2.18. The molecule has 0 unspecified atom stereocenters. The van der Waals surface area contributed by atoms with Gasteiger partial charge in [0.25, 0.3) is 0 Å². The summed E-state index contributed by atoms with van der Waals surface area (Å²) in [6.07, 6.45) is 0.784. The monoisotopic (exact) mass is 301 g/mol. The molecule has 116 valence electrons. The van der Waals surface area contributed by atoms with Gasteiger partial charge in [0, 0.05) is 24.8 Å². The van der Waals surface area contributed by atoms with Crippen molar-refractivity contribution in [2.45, 2.75) is 20.5 Å². The molecule has 0 saturated carbocycles. The zero-order valence-corrected chi connectivity index (χ0v) is 12.9. The highest BCUT2D eigenvalue weighted by Crippen LogP contribution is 2.25. The number of carbonyl (C=O) groups is 1. The molecule has 3 nitrogen and oxygen atoms in total. The van der Waals surface area contributed by atoms with Crippen molar-refractivity contribution in [1.29, 1.82) is 0 Å². The number of benzene rings is 2. The number of aldehydes is 1. The Kier molecular flexibility index (Phi) is 5.53. The van der Waals surface area contributed by atoms with Crippen LogP contribution in [0.25, 0.3) is 0 Å². The molecule has 22 heavy (non-hydrogen) atoms. The van der Waals surface area contributed by atoms with E-state index in [9.17, 15) is 9.18 Å². The molecular formula is C18H20FNO2. The average molecular weight is 301 g/mol. The van der Waals surface area contributed by atoms with Crippen LogP contribution < -0.4 is 9.64 Å². The normalized spacial score (nSPS) is 10.3. The first-order valence-corrected chi connectivity index (χ1v) is 7.39. The summed E-state index contributed by atoms with van der Waals surface area (Å²) in [7, 11) is 0. The van der Waals surface area contributed by atoms with Crippen molar-refractivity contribution in [3.8, 4) is 5.75 Å². The molecule has 0 fully saturated rings. The van der Waals surface area contributed by atoms with E-state index in [0.29, 0.717) is 17.9 Å². The van der Waals surface area contributed by atoms with Gasteiger partial charge >= 0.3 is 0 Å². The fourth-order valence-corrected chi connectivity index (χ4v) is 2.27. The van der Waals surface area contributed by atoms with Gasteiger partial charge in [-0.15, -0.1) is 0 Å². The maximum absolute atomic E-state index is 12.9. The third kappa shape index (κ3) is 3.85. The zero-order valence-electron chi connectivity index (χ0n) is 12.9. The summed E-state index contributed by atoms with van der Waals surface area (Å²) in [6.45, 7) is 6.22. The fraction of sp³-hybridized carbons (Fsp3) is 0.278. The molecule has 2 aromatic rings. The highest BCUT2D eigenvalue weighted by molar-refractivity contribution is 5.80. The predicted molar refractivity (Wildman–Crippen MR) is 86.1 cm³/mol. The first kappa shape index (κ1) is 16.0. The molecule has 0 heterocycles. The predicted octanol–water partition coefficient (Wildman–Crippen LogP) is 4.06. The van der Waals surface area contributed by atoms with Gasteiger partial charge in [0.15, 0.2) is 6.29 Å². The summed E-state index contributed by atoms with van der Waals surface area (Å²) in [5.41, 5.74) is 2.38. The number of ether oxygens (including phenoxy) is 1. The SMILES string of the molecule is CCN(CC)c1ccc(C=O)c(OCc2ccc(F)cc2)c1. The molecule has 0 saturated heterocycles. The van der Waals surface area contributed by atoms with E-state index in [1.807, 2.05) is 12.1 Å². The fourth-order valence-electron chi connectivity index (χ4n) is 2.27. The standard InChI is InChI=1S/C18H20FNO2/c1-3-20(4-2)17-10-7-15(12-21)18(11-17)22-13-14-5-8-16(19)9-6-14/h5-12H,3-4,13H2,1-2H3. The number of nitrogens with zero attached hydrogens (tertiary/aromatic N) is 1. The smallest absolute Gasteiger partial charge is 0.153 e. The second-order valence-electron chi connectivity index (χ2n) is 4.93. The largest absolute Gasteiger partial charge is 0.488 e. The maximum atomic E-state index is 12.9. The number of carbonyl (C=O) groups excluding carboxylic acids is 1. The van der Waals surface area contributed by atoms with Crippen LogP contribution in [0.4, 0.5) is 10.1 Å². The Labute approximate surface area is 130 Å². The summed E-state index contributed by atoms with van der Waals surface area (Å²) >= 11 is 0. The first-order chi connectivity index (χ1) is 10.7. The van der Waals surface area contributed by atoms with E-state index in [2.05, 4.69) is 18.7 Å². The third-order valence-corrected chi connectivity index (χ3v) is 3.56. The van der Waals surface area contributed by atoms with Crippen molar-refractivity contribution < 1.29 is 13.9 Å². The molecule has 0 aliphatic carbocycles. The van der Waals surface area contributed by atoms with Crippen LogP contribution in [0.5, 0.6) is 5.75 Å². The van der Waals surface area contributed by atoms with Gasteiger partial charge in [-0.05, 0) is 43.7 Å².